The van der Waals surface area contributed by atoms with Crippen molar-refractivity contribution < 1.29 is 4.39 Å². The lowest BCUT2D eigenvalue weighted by Crippen LogP contribution is -2.13. The van der Waals surface area contributed by atoms with E-state index in [-0.39, 0.29) is 5.02 Å². The van der Waals surface area contributed by atoms with Crippen molar-refractivity contribution in [2.45, 2.75) is 19.9 Å². The van der Waals surface area contributed by atoms with E-state index in [1.807, 2.05) is 0 Å². The van der Waals surface area contributed by atoms with Gasteiger partial charge in [-0.25, -0.2) is 4.39 Å². The lowest BCUT2D eigenvalue weighted by molar-refractivity contribution is 0.628. The first-order chi connectivity index (χ1) is 8.70. The Hall–Kier alpha value is -1.04. The van der Waals surface area contributed by atoms with E-state index in [1.54, 1.807) is 6.07 Å². The number of nitrogens with one attached hydrogen (secondary N) is 1. The summed E-state index contributed by atoms with van der Waals surface area (Å²) in [7, 11) is 0. The molecule has 96 valence electrons. The summed E-state index contributed by atoms with van der Waals surface area (Å²) < 4.78 is 13.3. The van der Waals surface area contributed by atoms with Gasteiger partial charge in [-0.1, -0.05) is 35.9 Å². The standard InChI is InChI=1S/C12H13ClFN3S/c1-2-5-15-7-11-16-17-12(18-11)8-3-4-9(13)10(14)6-8/h3-4,6,15H,2,5,7H2,1H3. The van der Waals surface area contributed by atoms with E-state index >= 15 is 0 Å². The number of halogens is 2. The third-order valence-corrected chi connectivity index (χ3v) is 3.62. The molecule has 0 fully saturated rings. The Morgan fingerprint density at radius 1 is 1.39 bits per heavy atom. The predicted octanol–water partition coefficient (Wildman–Crippen LogP) is 3.50. The van der Waals surface area contributed by atoms with Gasteiger partial charge in [-0.2, -0.15) is 0 Å². The minimum atomic E-state index is -0.435. The molecule has 0 radical (unpaired) electrons. The minimum Gasteiger partial charge on any atom is -0.310 e. The maximum Gasteiger partial charge on any atom is 0.147 e. The zero-order valence-electron chi connectivity index (χ0n) is 9.91. The van der Waals surface area contributed by atoms with E-state index in [4.69, 9.17) is 11.6 Å². The number of aromatic nitrogens is 2. The fraction of sp³-hybridized carbons (Fsp3) is 0.333. The monoisotopic (exact) mass is 285 g/mol. The fourth-order valence-electron chi connectivity index (χ4n) is 1.44. The Morgan fingerprint density at radius 2 is 2.22 bits per heavy atom. The van der Waals surface area contributed by atoms with Crippen LogP contribution in [-0.4, -0.2) is 16.7 Å². The lowest BCUT2D eigenvalue weighted by Gasteiger charge is -1.98. The van der Waals surface area contributed by atoms with Crippen molar-refractivity contribution in [1.82, 2.24) is 15.5 Å². The lowest BCUT2D eigenvalue weighted by atomic mass is 10.2. The van der Waals surface area contributed by atoms with Gasteiger partial charge in [0.05, 0.1) is 5.02 Å². The van der Waals surface area contributed by atoms with Gasteiger partial charge in [-0.05, 0) is 25.1 Å². The zero-order chi connectivity index (χ0) is 13.0. The molecular weight excluding hydrogens is 273 g/mol. The van der Waals surface area contributed by atoms with Gasteiger partial charge >= 0.3 is 0 Å². The van der Waals surface area contributed by atoms with Crippen LogP contribution in [0.4, 0.5) is 4.39 Å². The molecule has 0 aliphatic carbocycles. The molecule has 6 heteroatoms. The molecule has 2 rings (SSSR count). The predicted molar refractivity (Wildman–Crippen MR) is 72.3 cm³/mol. The van der Waals surface area contributed by atoms with Gasteiger partial charge in [0.2, 0.25) is 0 Å². The van der Waals surface area contributed by atoms with E-state index in [0.29, 0.717) is 17.1 Å². The van der Waals surface area contributed by atoms with Crippen LogP contribution >= 0.6 is 22.9 Å². The van der Waals surface area contributed by atoms with Crippen LogP contribution in [0.3, 0.4) is 0 Å². The Kier molecular flexibility index (Phi) is 4.63. The molecule has 0 aliphatic rings. The SMILES string of the molecule is CCCNCc1nnc(-c2ccc(Cl)c(F)c2)s1. The van der Waals surface area contributed by atoms with Crippen LogP contribution in [0.5, 0.6) is 0 Å². The minimum absolute atomic E-state index is 0.119. The third kappa shape index (κ3) is 3.25. The first-order valence-electron chi connectivity index (χ1n) is 5.69. The smallest absolute Gasteiger partial charge is 0.147 e. The summed E-state index contributed by atoms with van der Waals surface area (Å²) in [5.74, 6) is -0.435. The van der Waals surface area contributed by atoms with Crippen LogP contribution in [0.15, 0.2) is 18.2 Å². The van der Waals surface area contributed by atoms with Crippen molar-refractivity contribution in [1.29, 1.82) is 0 Å². The number of rotatable bonds is 5. The van der Waals surface area contributed by atoms with Gasteiger partial charge in [-0.15, -0.1) is 10.2 Å². The normalized spacial score (nSPS) is 10.8. The molecule has 1 N–H and O–H groups in total. The highest BCUT2D eigenvalue weighted by Crippen LogP contribution is 2.26. The van der Waals surface area contributed by atoms with E-state index in [2.05, 4.69) is 22.4 Å². The number of hydrogen-bond donors (Lipinski definition) is 1. The summed E-state index contributed by atoms with van der Waals surface area (Å²) in [5.41, 5.74) is 0.705. The molecule has 0 saturated carbocycles. The maximum atomic E-state index is 13.3. The molecule has 0 aliphatic heterocycles. The average Bonchev–Trinajstić information content (AvgIpc) is 2.82. The van der Waals surface area contributed by atoms with Crippen LogP contribution < -0.4 is 5.32 Å². The molecule has 0 spiro atoms. The topological polar surface area (TPSA) is 37.8 Å². The molecule has 18 heavy (non-hydrogen) atoms. The van der Waals surface area contributed by atoms with E-state index in [0.717, 1.165) is 18.0 Å². The highest BCUT2D eigenvalue weighted by atomic mass is 35.5. The van der Waals surface area contributed by atoms with Crippen molar-refractivity contribution in [3.8, 4) is 10.6 Å². The molecule has 1 heterocycles. The van der Waals surface area contributed by atoms with Crippen LogP contribution in [0.1, 0.15) is 18.4 Å². The van der Waals surface area contributed by atoms with Crippen LogP contribution in [0.2, 0.25) is 5.02 Å². The molecule has 1 aromatic heterocycles. The van der Waals surface area contributed by atoms with Crippen LogP contribution in [0, 0.1) is 5.82 Å². The largest absolute Gasteiger partial charge is 0.310 e. The molecular formula is C12H13ClFN3S. The van der Waals surface area contributed by atoms with Gasteiger partial charge in [0.25, 0.3) is 0 Å². The Bertz CT molecular complexity index is 530. The summed E-state index contributed by atoms with van der Waals surface area (Å²) in [5, 5.41) is 13.1. The van der Waals surface area contributed by atoms with Crippen molar-refractivity contribution in [3.05, 3.63) is 34.0 Å². The molecule has 1 aromatic carbocycles. The molecule has 0 bridgehead atoms. The zero-order valence-corrected chi connectivity index (χ0v) is 11.5. The Morgan fingerprint density at radius 3 is 2.94 bits per heavy atom. The van der Waals surface area contributed by atoms with Crippen molar-refractivity contribution in [3.63, 3.8) is 0 Å². The number of hydrogen-bond acceptors (Lipinski definition) is 4. The first kappa shape index (κ1) is 13.4. The maximum absolute atomic E-state index is 13.3. The molecule has 0 amide bonds. The van der Waals surface area contributed by atoms with Crippen molar-refractivity contribution in [2.75, 3.05) is 6.54 Å². The van der Waals surface area contributed by atoms with E-state index in [9.17, 15) is 4.39 Å². The van der Waals surface area contributed by atoms with Crippen LogP contribution in [0.25, 0.3) is 10.6 Å². The summed E-state index contributed by atoms with van der Waals surface area (Å²) in [6.45, 7) is 3.75. The van der Waals surface area contributed by atoms with E-state index < -0.39 is 5.82 Å². The molecule has 0 saturated heterocycles. The highest BCUT2D eigenvalue weighted by Gasteiger charge is 2.08. The number of nitrogens with zero attached hydrogens (tertiary/aromatic N) is 2. The highest BCUT2D eigenvalue weighted by molar-refractivity contribution is 7.14. The first-order valence-corrected chi connectivity index (χ1v) is 6.88. The Labute approximate surface area is 114 Å². The second-order valence-electron chi connectivity index (χ2n) is 3.81. The van der Waals surface area contributed by atoms with Gasteiger partial charge < -0.3 is 5.32 Å². The van der Waals surface area contributed by atoms with Gasteiger partial charge in [-0.3, -0.25) is 0 Å². The average molecular weight is 286 g/mol. The van der Waals surface area contributed by atoms with Gasteiger partial charge in [0.1, 0.15) is 15.8 Å². The molecule has 3 nitrogen and oxygen atoms in total. The molecule has 0 atom stereocenters. The second-order valence-corrected chi connectivity index (χ2v) is 5.28. The summed E-state index contributed by atoms with van der Waals surface area (Å²) in [6.07, 6.45) is 1.08. The summed E-state index contributed by atoms with van der Waals surface area (Å²) >= 11 is 7.10. The fourth-order valence-corrected chi connectivity index (χ4v) is 2.37. The van der Waals surface area contributed by atoms with Gasteiger partial charge in [0, 0.05) is 12.1 Å². The van der Waals surface area contributed by atoms with Crippen LogP contribution in [-0.2, 0) is 6.54 Å². The molecule has 2 aromatic rings. The van der Waals surface area contributed by atoms with Crippen molar-refractivity contribution in [2.24, 2.45) is 0 Å². The molecule has 0 unspecified atom stereocenters. The summed E-state index contributed by atoms with van der Waals surface area (Å²) in [4.78, 5) is 0. The number of benzene rings is 1. The second kappa shape index (κ2) is 6.22. The summed E-state index contributed by atoms with van der Waals surface area (Å²) in [6, 6.07) is 4.66. The van der Waals surface area contributed by atoms with E-state index in [1.165, 1.54) is 23.5 Å². The quantitative estimate of drug-likeness (QED) is 0.855. The Balaban J connectivity index is 2.11. The third-order valence-electron chi connectivity index (χ3n) is 2.34. The van der Waals surface area contributed by atoms with Gasteiger partial charge in [0.15, 0.2) is 0 Å². The van der Waals surface area contributed by atoms with Crippen molar-refractivity contribution >= 4 is 22.9 Å².